The van der Waals surface area contributed by atoms with Crippen molar-refractivity contribution in [2.24, 2.45) is 0 Å². The SMILES string of the molecule is CCCCN(C)C(=O)NCCCOc1ccccc1C. The van der Waals surface area contributed by atoms with Crippen LogP contribution < -0.4 is 10.1 Å². The Bertz CT molecular complexity index is 407. The smallest absolute Gasteiger partial charge is 0.317 e. The summed E-state index contributed by atoms with van der Waals surface area (Å²) in [5.74, 6) is 0.916. The maximum absolute atomic E-state index is 11.7. The topological polar surface area (TPSA) is 41.6 Å². The molecule has 0 bridgehead atoms. The number of hydrogen-bond donors (Lipinski definition) is 1. The van der Waals surface area contributed by atoms with Gasteiger partial charge in [0.1, 0.15) is 5.75 Å². The minimum atomic E-state index is -0.00524. The lowest BCUT2D eigenvalue weighted by molar-refractivity contribution is 0.207. The molecule has 0 aliphatic heterocycles. The molecule has 1 rings (SSSR count). The van der Waals surface area contributed by atoms with Gasteiger partial charge in [-0.1, -0.05) is 31.5 Å². The van der Waals surface area contributed by atoms with Gasteiger partial charge in [-0.3, -0.25) is 0 Å². The molecule has 0 fully saturated rings. The van der Waals surface area contributed by atoms with Crippen LogP contribution >= 0.6 is 0 Å². The quantitative estimate of drug-likeness (QED) is 0.742. The van der Waals surface area contributed by atoms with Crippen LogP contribution in [-0.2, 0) is 0 Å². The number of nitrogens with zero attached hydrogens (tertiary/aromatic N) is 1. The van der Waals surface area contributed by atoms with E-state index in [1.54, 1.807) is 4.90 Å². The first kappa shape index (κ1) is 16.3. The van der Waals surface area contributed by atoms with Crippen molar-refractivity contribution in [3.63, 3.8) is 0 Å². The van der Waals surface area contributed by atoms with Crippen molar-refractivity contribution in [3.8, 4) is 5.75 Å². The Morgan fingerprint density at radius 2 is 2.05 bits per heavy atom. The van der Waals surface area contributed by atoms with Gasteiger partial charge < -0.3 is 15.0 Å². The Balaban J connectivity index is 2.13. The molecule has 0 aromatic heterocycles. The predicted molar refractivity (Wildman–Crippen MR) is 82.2 cm³/mol. The molecule has 2 amide bonds. The summed E-state index contributed by atoms with van der Waals surface area (Å²) < 4.78 is 5.68. The molecule has 1 aromatic carbocycles. The average Bonchev–Trinajstić information content (AvgIpc) is 2.46. The maximum atomic E-state index is 11.7. The monoisotopic (exact) mass is 278 g/mol. The molecule has 0 saturated heterocycles. The maximum Gasteiger partial charge on any atom is 0.317 e. The highest BCUT2D eigenvalue weighted by atomic mass is 16.5. The van der Waals surface area contributed by atoms with Gasteiger partial charge in [0.05, 0.1) is 6.61 Å². The average molecular weight is 278 g/mol. The molecule has 0 radical (unpaired) electrons. The van der Waals surface area contributed by atoms with Gasteiger partial charge in [0.15, 0.2) is 0 Å². The predicted octanol–water partition coefficient (Wildman–Crippen LogP) is 3.21. The third-order valence-corrected chi connectivity index (χ3v) is 3.14. The van der Waals surface area contributed by atoms with E-state index in [2.05, 4.69) is 12.2 Å². The second kappa shape index (κ2) is 9.23. The molecular formula is C16H26N2O2. The number of hydrogen-bond acceptors (Lipinski definition) is 2. The van der Waals surface area contributed by atoms with Crippen molar-refractivity contribution in [1.82, 2.24) is 10.2 Å². The van der Waals surface area contributed by atoms with Gasteiger partial charge in [0, 0.05) is 20.1 Å². The highest BCUT2D eigenvalue weighted by molar-refractivity contribution is 5.73. The number of rotatable bonds is 8. The van der Waals surface area contributed by atoms with Crippen LogP contribution in [0.2, 0.25) is 0 Å². The summed E-state index contributed by atoms with van der Waals surface area (Å²) in [6, 6.07) is 7.95. The highest BCUT2D eigenvalue weighted by Crippen LogP contribution is 2.15. The number of urea groups is 1. The Morgan fingerprint density at radius 3 is 2.75 bits per heavy atom. The molecule has 0 saturated carbocycles. The third-order valence-electron chi connectivity index (χ3n) is 3.14. The standard InChI is InChI=1S/C16H26N2O2/c1-4-5-12-18(3)16(19)17-11-8-13-20-15-10-7-6-9-14(15)2/h6-7,9-10H,4-5,8,11-13H2,1-3H3,(H,17,19). The van der Waals surface area contributed by atoms with Crippen molar-refractivity contribution >= 4 is 6.03 Å². The van der Waals surface area contributed by atoms with Gasteiger partial charge >= 0.3 is 6.03 Å². The number of benzene rings is 1. The van der Waals surface area contributed by atoms with Gasteiger partial charge in [0.25, 0.3) is 0 Å². The molecule has 4 heteroatoms. The second-order valence-corrected chi connectivity index (χ2v) is 4.97. The first-order valence-electron chi connectivity index (χ1n) is 7.32. The van der Waals surface area contributed by atoms with Crippen molar-refractivity contribution < 1.29 is 9.53 Å². The number of carbonyl (C=O) groups is 1. The zero-order valence-electron chi connectivity index (χ0n) is 12.8. The van der Waals surface area contributed by atoms with Gasteiger partial charge in [-0.15, -0.1) is 0 Å². The Kier molecular flexibility index (Phi) is 7.55. The van der Waals surface area contributed by atoms with E-state index in [1.165, 1.54) is 0 Å². The molecule has 0 unspecified atom stereocenters. The van der Waals surface area contributed by atoms with E-state index in [0.29, 0.717) is 13.2 Å². The van der Waals surface area contributed by atoms with Crippen molar-refractivity contribution in [3.05, 3.63) is 29.8 Å². The number of aryl methyl sites for hydroxylation is 1. The van der Waals surface area contributed by atoms with Crippen LogP contribution in [0.15, 0.2) is 24.3 Å². The van der Waals surface area contributed by atoms with Crippen molar-refractivity contribution in [2.45, 2.75) is 33.1 Å². The fourth-order valence-electron chi connectivity index (χ4n) is 1.80. The number of para-hydroxylation sites is 1. The summed E-state index contributed by atoms with van der Waals surface area (Å²) >= 11 is 0. The lowest BCUT2D eigenvalue weighted by Crippen LogP contribution is -2.38. The number of amides is 2. The number of unbranched alkanes of at least 4 members (excludes halogenated alkanes) is 1. The van der Waals surface area contributed by atoms with Crippen LogP contribution in [0.4, 0.5) is 4.79 Å². The normalized spacial score (nSPS) is 10.2. The van der Waals surface area contributed by atoms with E-state index in [-0.39, 0.29) is 6.03 Å². The molecule has 1 aromatic rings. The highest BCUT2D eigenvalue weighted by Gasteiger charge is 2.06. The fraction of sp³-hybridized carbons (Fsp3) is 0.562. The Hall–Kier alpha value is -1.71. The molecule has 20 heavy (non-hydrogen) atoms. The second-order valence-electron chi connectivity index (χ2n) is 4.97. The summed E-state index contributed by atoms with van der Waals surface area (Å²) in [6.07, 6.45) is 2.95. The van der Waals surface area contributed by atoms with E-state index in [9.17, 15) is 4.79 Å². The Morgan fingerprint density at radius 1 is 1.30 bits per heavy atom. The van der Waals surface area contributed by atoms with Gasteiger partial charge in [-0.25, -0.2) is 4.79 Å². The zero-order valence-corrected chi connectivity index (χ0v) is 12.8. The summed E-state index contributed by atoms with van der Waals surface area (Å²) in [7, 11) is 1.83. The fourth-order valence-corrected chi connectivity index (χ4v) is 1.80. The summed E-state index contributed by atoms with van der Waals surface area (Å²) in [5.41, 5.74) is 1.14. The van der Waals surface area contributed by atoms with E-state index in [1.807, 2.05) is 38.2 Å². The zero-order chi connectivity index (χ0) is 14.8. The molecule has 0 aliphatic carbocycles. The lowest BCUT2D eigenvalue weighted by Gasteiger charge is -2.17. The number of carbonyl (C=O) groups excluding carboxylic acids is 1. The van der Waals surface area contributed by atoms with Crippen LogP contribution in [0.25, 0.3) is 0 Å². The van der Waals surface area contributed by atoms with Crippen molar-refractivity contribution in [2.75, 3.05) is 26.7 Å². The van der Waals surface area contributed by atoms with Crippen LogP contribution in [-0.4, -0.2) is 37.7 Å². The summed E-state index contributed by atoms with van der Waals surface area (Å²) in [4.78, 5) is 13.4. The van der Waals surface area contributed by atoms with Crippen LogP contribution in [0.5, 0.6) is 5.75 Å². The van der Waals surface area contributed by atoms with E-state index in [0.717, 1.165) is 37.1 Å². The summed E-state index contributed by atoms with van der Waals surface area (Å²) in [5, 5.41) is 2.90. The van der Waals surface area contributed by atoms with E-state index in [4.69, 9.17) is 4.74 Å². The summed E-state index contributed by atoms with van der Waals surface area (Å²) in [6.45, 7) is 6.21. The molecule has 1 N–H and O–H groups in total. The van der Waals surface area contributed by atoms with Gasteiger partial charge in [-0.2, -0.15) is 0 Å². The van der Waals surface area contributed by atoms with Gasteiger partial charge in [-0.05, 0) is 31.4 Å². The largest absolute Gasteiger partial charge is 0.493 e. The van der Waals surface area contributed by atoms with Gasteiger partial charge in [0.2, 0.25) is 0 Å². The molecular weight excluding hydrogens is 252 g/mol. The first-order valence-corrected chi connectivity index (χ1v) is 7.32. The van der Waals surface area contributed by atoms with Crippen LogP contribution in [0, 0.1) is 6.92 Å². The minimum absolute atomic E-state index is 0.00524. The number of ether oxygens (including phenoxy) is 1. The number of nitrogens with one attached hydrogen (secondary N) is 1. The molecule has 0 atom stereocenters. The van der Waals surface area contributed by atoms with E-state index >= 15 is 0 Å². The molecule has 112 valence electrons. The molecule has 0 aliphatic rings. The molecule has 0 heterocycles. The Labute approximate surface area is 122 Å². The van der Waals surface area contributed by atoms with Crippen molar-refractivity contribution in [1.29, 1.82) is 0 Å². The lowest BCUT2D eigenvalue weighted by atomic mass is 10.2. The molecule has 4 nitrogen and oxygen atoms in total. The van der Waals surface area contributed by atoms with E-state index < -0.39 is 0 Å². The van der Waals surface area contributed by atoms with Crippen LogP contribution in [0.1, 0.15) is 31.7 Å². The minimum Gasteiger partial charge on any atom is -0.493 e. The third kappa shape index (κ3) is 5.95. The molecule has 0 spiro atoms. The van der Waals surface area contributed by atoms with Crippen LogP contribution in [0.3, 0.4) is 0 Å². The first-order chi connectivity index (χ1) is 9.65.